The average Bonchev–Trinajstić information content (AvgIpc) is 3.44. The van der Waals surface area contributed by atoms with E-state index in [4.69, 9.17) is 0 Å². The Morgan fingerprint density at radius 1 is 1.05 bits per heavy atom. The fraction of sp³-hybridized carbons (Fsp3) is 0.375. The van der Waals surface area contributed by atoms with Gasteiger partial charge in [0, 0.05) is 40.4 Å². The number of hydrogen-bond donors (Lipinski definition) is 1. The number of amides is 1. The quantitative estimate of drug-likeness (QED) is 0.284. The second-order valence-corrected chi connectivity index (χ2v) is 11.4. The molecule has 2 aromatic carbocycles. The van der Waals surface area contributed by atoms with Gasteiger partial charge in [-0.05, 0) is 105 Å². The van der Waals surface area contributed by atoms with Gasteiger partial charge in [-0.25, -0.2) is 9.37 Å². The number of pyridine rings is 1. The van der Waals surface area contributed by atoms with E-state index in [0.717, 1.165) is 55.2 Å². The fourth-order valence-corrected chi connectivity index (χ4v) is 6.67. The predicted molar refractivity (Wildman–Crippen MR) is 146 cm³/mol. The Morgan fingerprint density at radius 2 is 1.82 bits per heavy atom. The molecule has 1 aliphatic carbocycles. The Hall–Kier alpha value is -3.54. The third-order valence-corrected chi connectivity index (χ3v) is 8.67. The van der Waals surface area contributed by atoms with Crippen molar-refractivity contribution in [1.29, 1.82) is 0 Å². The topological polar surface area (TPSA) is 46.9 Å². The van der Waals surface area contributed by atoms with Gasteiger partial charge in [0.2, 0.25) is 11.9 Å². The summed E-state index contributed by atoms with van der Waals surface area (Å²) in [7, 11) is 0. The average molecular weight is 514 g/mol. The number of nitrogens with one attached hydrogen (secondary N) is 1. The number of halogens is 2. The van der Waals surface area contributed by atoms with Crippen molar-refractivity contribution in [1.82, 2.24) is 14.9 Å². The third kappa shape index (κ3) is 4.50. The van der Waals surface area contributed by atoms with Crippen LogP contribution in [0.15, 0.2) is 67.0 Å². The van der Waals surface area contributed by atoms with Crippen LogP contribution in [-0.2, 0) is 11.2 Å². The van der Waals surface area contributed by atoms with Gasteiger partial charge in [-0.2, -0.15) is 4.39 Å². The number of carbonyl (C=O) groups excluding carboxylic acids is 1. The van der Waals surface area contributed by atoms with Crippen LogP contribution in [0.4, 0.5) is 8.78 Å². The summed E-state index contributed by atoms with van der Waals surface area (Å²) in [6.45, 7) is 4.39. The lowest BCUT2D eigenvalue weighted by molar-refractivity contribution is -0.121. The molecule has 6 heteroatoms. The standard InChI is InChI=1S/C32H33F2N3O/c1-20(2)37-19-24(30-26(4-3-5-28(30)37)23-8-11-29(34)35-18-23)16-21-12-14-32(15-13-21)17-27(31(38)36-32)22-6-9-25(33)10-7-22/h3-11,18-21,27H,12-17H2,1-2H3,(H,36,38). The zero-order chi connectivity index (χ0) is 26.4. The lowest BCUT2D eigenvalue weighted by Crippen LogP contribution is -2.44. The van der Waals surface area contributed by atoms with Gasteiger partial charge >= 0.3 is 0 Å². The molecule has 4 nitrogen and oxygen atoms in total. The molecular formula is C32H33F2N3O. The number of carbonyl (C=O) groups is 1. The molecule has 1 saturated heterocycles. The van der Waals surface area contributed by atoms with E-state index < -0.39 is 5.95 Å². The molecule has 1 amide bonds. The van der Waals surface area contributed by atoms with Crippen LogP contribution in [0.25, 0.3) is 22.0 Å². The molecule has 196 valence electrons. The SMILES string of the molecule is CC(C)n1cc(CC2CCC3(CC2)CC(c2ccc(F)cc2)C(=O)N3)c2c(-c3ccc(F)nc3)cccc21. The van der Waals surface area contributed by atoms with Crippen molar-refractivity contribution in [3.8, 4) is 11.1 Å². The maximum Gasteiger partial charge on any atom is 0.228 e. The van der Waals surface area contributed by atoms with Gasteiger partial charge in [0.1, 0.15) is 5.82 Å². The van der Waals surface area contributed by atoms with Crippen molar-refractivity contribution >= 4 is 16.8 Å². The van der Waals surface area contributed by atoms with Gasteiger partial charge in [-0.3, -0.25) is 4.79 Å². The summed E-state index contributed by atoms with van der Waals surface area (Å²) in [6, 6.07) is 16.2. The molecule has 0 bridgehead atoms. The van der Waals surface area contributed by atoms with Crippen LogP contribution in [0.1, 0.15) is 69.0 Å². The number of fused-ring (bicyclic) bond motifs is 1. The molecule has 2 aromatic heterocycles. The Bertz CT molecular complexity index is 1470. The molecule has 1 atom stereocenters. The van der Waals surface area contributed by atoms with Gasteiger partial charge in [0.05, 0.1) is 5.92 Å². The molecule has 1 saturated carbocycles. The summed E-state index contributed by atoms with van der Waals surface area (Å²) in [5, 5.41) is 4.55. The van der Waals surface area contributed by atoms with Gasteiger partial charge in [0.25, 0.3) is 0 Å². The fourth-order valence-electron chi connectivity index (χ4n) is 6.67. The van der Waals surface area contributed by atoms with E-state index in [1.807, 2.05) is 0 Å². The van der Waals surface area contributed by atoms with Gasteiger partial charge in [-0.15, -0.1) is 0 Å². The Balaban J connectivity index is 1.23. The number of rotatable bonds is 5. The first-order chi connectivity index (χ1) is 18.3. The molecule has 1 N–H and O–H groups in total. The van der Waals surface area contributed by atoms with Crippen LogP contribution in [-0.4, -0.2) is 21.0 Å². The highest BCUT2D eigenvalue weighted by molar-refractivity contribution is 5.98. The summed E-state index contributed by atoms with van der Waals surface area (Å²) < 4.78 is 29.3. The highest BCUT2D eigenvalue weighted by Gasteiger charge is 2.46. The van der Waals surface area contributed by atoms with Crippen LogP contribution in [0.5, 0.6) is 0 Å². The molecular weight excluding hydrogens is 480 g/mol. The summed E-state index contributed by atoms with van der Waals surface area (Å²) in [5.41, 5.74) is 5.24. The van der Waals surface area contributed by atoms with Crippen LogP contribution in [0.2, 0.25) is 0 Å². The third-order valence-electron chi connectivity index (χ3n) is 8.67. The zero-order valence-electron chi connectivity index (χ0n) is 21.9. The molecule has 6 rings (SSSR count). The van der Waals surface area contributed by atoms with Crippen LogP contribution in [0, 0.1) is 17.7 Å². The van der Waals surface area contributed by atoms with Crippen molar-refractivity contribution < 1.29 is 13.6 Å². The lowest BCUT2D eigenvalue weighted by atomic mass is 9.72. The van der Waals surface area contributed by atoms with E-state index in [1.54, 1.807) is 24.4 Å². The second-order valence-electron chi connectivity index (χ2n) is 11.4. The molecule has 1 aliphatic heterocycles. The minimum atomic E-state index is -0.474. The smallest absolute Gasteiger partial charge is 0.228 e. The van der Waals surface area contributed by atoms with Crippen molar-refractivity contribution in [2.45, 2.75) is 69.9 Å². The van der Waals surface area contributed by atoms with Crippen molar-refractivity contribution in [2.24, 2.45) is 5.92 Å². The predicted octanol–water partition coefficient (Wildman–Crippen LogP) is 7.34. The number of nitrogens with zero attached hydrogens (tertiary/aromatic N) is 2. The van der Waals surface area contributed by atoms with Crippen LogP contribution >= 0.6 is 0 Å². The lowest BCUT2D eigenvalue weighted by Gasteiger charge is -2.37. The van der Waals surface area contributed by atoms with E-state index in [-0.39, 0.29) is 23.2 Å². The first-order valence-electron chi connectivity index (χ1n) is 13.6. The summed E-state index contributed by atoms with van der Waals surface area (Å²) >= 11 is 0. The Morgan fingerprint density at radius 3 is 2.50 bits per heavy atom. The normalized spacial score (nSPS) is 23.4. The summed E-state index contributed by atoms with van der Waals surface area (Å²) in [5.74, 6) is -0.374. The van der Waals surface area contributed by atoms with Crippen molar-refractivity contribution in [3.63, 3.8) is 0 Å². The minimum absolute atomic E-state index is 0.0626. The number of benzene rings is 2. The largest absolute Gasteiger partial charge is 0.350 e. The molecule has 2 fully saturated rings. The summed E-state index contributed by atoms with van der Waals surface area (Å²) in [4.78, 5) is 16.8. The first kappa shape index (κ1) is 24.8. The van der Waals surface area contributed by atoms with Crippen molar-refractivity contribution in [3.05, 3.63) is 89.9 Å². The monoisotopic (exact) mass is 513 g/mol. The Labute approximate surface area is 222 Å². The molecule has 38 heavy (non-hydrogen) atoms. The van der Waals surface area contributed by atoms with E-state index in [1.165, 1.54) is 34.7 Å². The van der Waals surface area contributed by atoms with Gasteiger partial charge < -0.3 is 9.88 Å². The maximum atomic E-state index is 13.5. The minimum Gasteiger partial charge on any atom is -0.350 e. The Kier molecular flexibility index (Phi) is 6.29. The molecule has 2 aliphatic rings. The first-order valence-corrected chi connectivity index (χ1v) is 13.6. The number of aromatic nitrogens is 2. The van der Waals surface area contributed by atoms with Gasteiger partial charge in [0.15, 0.2) is 0 Å². The summed E-state index contributed by atoms with van der Waals surface area (Å²) in [6.07, 6.45) is 9.66. The molecule has 1 spiro atoms. The number of hydrogen-bond acceptors (Lipinski definition) is 2. The van der Waals surface area contributed by atoms with Crippen LogP contribution < -0.4 is 5.32 Å². The van der Waals surface area contributed by atoms with E-state index >= 15 is 0 Å². The second kappa shape index (κ2) is 9.64. The van der Waals surface area contributed by atoms with Crippen LogP contribution in [0.3, 0.4) is 0 Å². The highest BCUT2D eigenvalue weighted by atomic mass is 19.1. The zero-order valence-corrected chi connectivity index (χ0v) is 21.9. The highest BCUT2D eigenvalue weighted by Crippen LogP contribution is 2.45. The van der Waals surface area contributed by atoms with Crippen molar-refractivity contribution in [2.75, 3.05) is 0 Å². The molecule has 3 heterocycles. The maximum absolute atomic E-state index is 13.5. The van der Waals surface area contributed by atoms with E-state index in [0.29, 0.717) is 12.0 Å². The molecule has 4 aromatic rings. The molecule has 1 unspecified atom stereocenters. The van der Waals surface area contributed by atoms with E-state index in [9.17, 15) is 13.6 Å². The van der Waals surface area contributed by atoms with E-state index in [2.05, 4.69) is 53.1 Å². The molecule has 0 radical (unpaired) electrons. The van der Waals surface area contributed by atoms with Gasteiger partial charge in [-0.1, -0.05) is 24.3 Å².